The number of rotatable bonds is 4. The molecule has 3 N–H and O–H groups in total. The van der Waals surface area contributed by atoms with E-state index in [4.69, 9.17) is 17.3 Å². The van der Waals surface area contributed by atoms with Crippen LogP contribution in [0.25, 0.3) is 0 Å². The third-order valence-electron chi connectivity index (χ3n) is 3.94. The van der Waals surface area contributed by atoms with Gasteiger partial charge in [-0.25, -0.2) is 13.1 Å². The van der Waals surface area contributed by atoms with Crippen molar-refractivity contribution in [1.82, 2.24) is 4.72 Å². The molecule has 0 aliphatic heterocycles. The van der Waals surface area contributed by atoms with Crippen LogP contribution in [0.3, 0.4) is 0 Å². The quantitative estimate of drug-likeness (QED) is 0.897. The van der Waals surface area contributed by atoms with E-state index in [1.165, 1.54) is 6.42 Å². The molecule has 1 aromatic carbocycles. The average molecular weight is 317 g/mol. The summed E-state index contributed by atoms with van der Waals surface area (Å²) in [5.41, 5.74) is 6.32. The first-order chi connectivity index (χ1) is 9.44. The van der Waals surface area contributed by atoms with Crippen LogP contribution in [0, 0.1) is 5.92 Å². The fourth-order valence-electron chi connectivity index (χ4n) is 2.63. The number of halogens is 1. The lowest BCUT2D eigenvalue weighted by Gasteiger charge is -2.29. The fraction of sp³-hybridized carbons (Fsp3) is 0.571. The smallest absolute Gasteiger partial charge is 0.242 e. The van der Waals surface area contributed by atoms with E-state index < -0.39 is 10.0 Å². The molecule has 0 saturated heterocycles. The van der Waals surface area contributed by atoms with Crippen molar-refractivity contribution in [3.8, 4) is 0 Å². The molecular weight excluding hydrogens is 296 g/mol. The fourth-order valence-corrected chi connectivity index (χ4v) is 4.56. The van der Waals surface area contributed by atoms with E-state index >= 15 is 0 Å². The summed E-state index contributed by atoms with van der Waals surface area (Å²) in [4.78, 5) is 0.125. The summed E-state index contributed by atoms with van der Waals surface area (Å²) in [7, 11) is -3.59. The van der Waals surface area contributed by atoms with Crippen LogP contribution in [0.15, 0.2) is 23.1 Å². The molecule has 0 bridgehead atoms. The summed E-state index contributed by atoms with van der Waals surface area (Å²) in [6.45, 7) is 2.38. The molecule has 2 rings (SSSR count). The summed E-state index contributed by atoms with van der Waals surface area (Å²) in [5.74, 6) is 0.356. The molecule has 4 nitrogen and oxygen atoms in total. The van der Waals surface area contributed by atoms with Gasteiger partial charge in [-0.15, -0.1) is 0 Å². The van der Waals surface area contributed by atoms with Crippen LogP contribution in [0.1, 0.15) is 38.2 Å². The number of nitrogens with two attached hydrogens (primary N) is 1. The van der Waals surface area contributed by atoms with Crippen molar-refractivity contribution < 1.29 is 8.42 Å². The van der Waals surface area contributed by atoms with Crippen LogP contribution in [0.5, 0.6) is 0 Å². The van der Waals surface area contributed by atoms with Crippen LogP contribution in [0.4, 0.5) is 0 Å². The van der Waals surface area contributed by atoms with Crippen LogP contribution in [0.2, 0.25) is 5.02 Å². The molecule has 0 heterocycles. The van der Waals surface area contributed by atoms with Gasteiger partial charge in [0.05, 0.1) is 5.02 Å². The predicted octanol–water partition coefficient (Wildman–Crippen LogP) is 2.66. The van der Waals surface area contributed by atoms with E-state index in [9.17, 15) is 8.42 Å². The highest BCUT2D eigenvalue weighted by Crippen LogP contribution is 2.27. The first kappa shape index (κ1) is 15.8. The highest BCUT2D eigenvalue weighted by molar-refractivity contribution is 7.89. The maximum atomic E-state index is 12.5. The molecule has 0 aromatic heterocycles. The molecule has 0 amide bonds. The third-order valence-corrected chi connectivity index (χ3v) is 5.91. The standard InChI is InChI=1S/C14H21ClN2O2S/c1-10-4-2-3-5-13(10)17-20(18,19)14-8-11(9-16)6-7-12(14)15/h6-8,10,13,17H,2-5,9,16H2,1H3. The minimum absolute atomic E-state index is 0.00801. The summed E-state index contributed by atoms with van der Waals surface area (Å²) in [5, 5.41) is 0.234. The molecule has 2 atom stereocenters. The molecular formula is C14H21ClN2O2S. The molecule has 20 heavy (non-hydrogen) atoms. The van der Waals surface area contributed by atoms with Crippen molar-refractivity contribution >= 4 is 21.6 Å². The van der Waals surface area contributed by atoms with Crippen LogP contribution in [-0.4, -0.2) is 14.5 Å². The second-order valence-electron chi connectivity index (χ2n) is 5.46. The molecule has 1 saturated carbocycles. The van der Waals surface area contributed by atoms with Crippen molar-refractivity contribution in [2.24, 2.45) is 11.7 Å². The third kappa shape index (κ3) is 3.52. The van der Waals surface area contributed by atoms with Gasteiger partial charge in [0, 0.05) is 12.6 Å². The Hall–Kier alpha value is -0.620. The zero-order chi connectivity index (χ0) is 14.8. The van der Waals surface area contributed by atoms with Crippen molar-refractivity contribution in [3.05, 3.63) is 28.8 Å². The van der Waals surface area contributed by atoms with Gasteiger partial charge in [0.2, 0.25) is 10.0 Å². The Kier molecular flexibility index (Phi) is 5.07. The number of nitrogens with one attached hydrogen (secondary N) is 1. The number of benzene rings is 1. The lowest BCUT2D eigenvalue weighted by atomic mass is 9.87. The summed E-state index contributed by atoms with van der Waals surface area (Å²) >= 11 is 6.03. The molecule has 112 valence electrons. The molecule has 6 heteroatoms. The SMILES string of the molecule is CC1CCCCC1NS(=O)(=O)c1cc(CN)ccc1Cl. The van der Waals surface area contributed by atoms with E-state index in [0.29, 0.717) is 12.5 Å². The Morgan fingerprint density at radius 2 is 2.05 bits per heavy atom. The second kappa shape index (κ2) is 6.43. The van der Waals surface area contributed by atoms with E-state index in [1.807, 2.05) is 0 Å². The van der Waals surface area contributed by atoms with Gasteiger partial charge in [-0.2, -0.15) is 0 Å². The van der Waals surface area contributed by atoms with Crippen LogP contribution >= 0.6 is 11.6 Å². The normalized spacial score (nSPS) is 23.8. The topological polar surface area (TPSA) is 72.2 Å². The molecule has 1 aromatic rings. The maximum absolute atomic E-state index is 12.5. The lowest BCUT2D eigenvalue weighted by Crippen LogP contribution is -2.41. The highest BCUT2D eigenvalue weighted by Gasteiger charge is 2.28. The summed E-state index contributed by atoms with van der Waals surface area (Å²) in [6, 6.07) is 4.87. The molecule has 1 aliphatic carbocycles. The van der Waals surface area contributed by atoms with Crippen molar-refractivity contribution in [1.29, 1.82) is 0 Å². The Morgan fingerprint density at radius 1 is 1.35 bits per heavy atom. The van der Waals surface area contributed by atoms with Crippen LogP contribution in [-0.2, 0) is 16.6 Å². The van der Waals surface area contributed by atoms with Gasteiger partial charge < -0.3 is 5.73 Å². The van der Waals surface area contributed by atoms with Gasteiger partial charge in [0.25, 0.3) is 0 Å². The Morgan fingerprint density at radius 3 is 2.70 bits per heavy atom. The molecule has 2 unspecified atom stereocenters. The first-order valence-electron chi connectivity index (χ1n) is 6.95. The van der Waals surface area contributed by atoms with Gasteiger partial charge in [0.1, 0.15) is 4.90 Å². The first-order valence-corrected chi connectivity index (χ1v) is 8.81. The average Bonchev–Trinajstić information content (AvgIpc) is 2.41. The second-order valence-corrected chi connectivity index (χ2v) is 7.55. The highest BCUT2D eigenvalue weighted by atomic mass is 35.5. The van der Waals surface area contributed by atoms with E-state index in [-0.39, 0.29) is 16.0 Å². The zero-order valence-corrected chi connectivity index (χ0v) is 13.2. The van der Waals surface area contributed by atoms with Gasteiger partial charge in [-0.1, -0.05) is 37.4 Å². The Labute approximate surface area is 125 Å². The zero-order valence-electron chi connectivity index (χ0n) is 11.6. The minimum Gasteiger partial charge on any atom is -0.326 e. The monoisotopic (exact) mass is 316 g/mol. The van der Waals surface area contributed by atoms with Gasteiger partial charge in [-0.3, -0.25) is 0 Å². The van der Waals surface area contributed by atoms with E-state index in [0.717, 1.165) is 24.8 Å². The van der Waals surface area contributed by atoms with Crippen LogP contribution < -0.4 is 10.5 Å². The van der Waals surface area contributed by atoms with Crippen molar-refractivity contribution in [3.63, 3.8) is 0 Å². The van der Waals surface area contributed by atoms with Gasteiger partial charge >= 0.3 is 0 Å². The Balaban J connectivity index is 2.25. The van der Waals surface area contributed by atoms with Crippen molar-refractivity contribution in [2.75, 3.05) is 0 Å². The van der Waals surface area contributed by atoms with E-state index in [1.54, 1.807) is 18.2 Å². The molecule has 1 fully saturated rings. The number of sulfonamides is 1. The molecule has 0 spiro atoms. The van der Waals surface area contributed by atoms with Gasteiger partial charge in [-0.05, 0) is 36.5 Å². The van der Waals surface area contributed by atoms with Gasteiger partial charge in [0.15, 0.2) is 0 Å². The summed E-state index contributed by atoms with van der Waals surface area (Å²) < 4.78 is 27.8. The maximum Gasteiger partial charge on any atom is 0.242 e. The summed E-state index contributed by atoms with van der Waals surface area (Å²) in [6.07, 6.45) is 4.18. The van der Waals surface area contributed by atoms with Crippen molar-refractivity contribution in [2.45, 2.75) is 50.1 Å². The largest absolute Gasteiger partial charge is 0.326 e. The number of hydrogen-bond donors (Lipinski definition) is 2. The molecule has 1 aliphatic rings. The molecule has 0 radical (unpaired) electrons. The van der Waals surface area contributed by atoms with E-state index in [2.05, 4.69) is 11.6 Å². The lowest BCUT2D eigenvalue weighted by molar-refractivity contribution is 0.310. The minimum atomic E-state index is -3.59. The number of hydrogen-bond acceptors (Lipinski definition) is 3. The predicted molar refractivity (Wildman–Crippen MR) is 81.1 cm³/mol. The Bertz CT molecular complexity index is 575.